The van der Waals surface area contributed by atoms with Crippen molar-refractivity contribution >= 4 is 0 Å². The van der Waals surface area contributed by atoms with E-state index in [0.717, 1.165) is 18.6 Å². The average molecular weight is 276 g/mol. The molecule has 0 fully saturated rings. The Bertz CT molecular complexity index is 508. The molecule has 0 unspecified atom stereocenters. The van der Waals surface area contributed by atoms with Gasteiger partial charge < -0.3 is 14.6 Å². The molecule has 106 valence electrons. The van der Waals surface area contributed by atoms with Crippen molar-refractivity contribution in [3.8, 4) is 17.2 Å². The zero-order chi connectivity index (χ0) is 14.2. The van der Waals surface area contributed by atoms with Crippen LogP contribution >= 0.6 is 0 Å². The fourth-order valence-electron chi connectivity index (χ4n) is 1.65. The van der Waals surface area contributed by atoms with Gasteiger partial charge in [-0.1, -0.05) is 0 Å². The molecular weight excluding hydrogens is 259 g/mol. The minimum absolute atomic E-state index is 0.188. The van der Waals surface area contributed by atoms with E-state index in [1.807, 2.05) is 12.1 Å². The molecule has 0 atom stereocenters. The number of aliphatic hydroxyl groups excluding tert-OH is 1. The molecule has 0 amide bonds. The molecule has 0 aliphatic rings. The second-order valence-electron chi connectivity index (χ2n) is 4.31. The lowest BCUT2D eigenvalue weighted by Gasteiger charge is -2.08. The summed E-state index contributed by atoms with van der Waals surface area (Å²) in [7, 11) is 0. The number of hydrogen-bond acceptors (Lipinski definition) is 3. The van der Waals surface area contributed by atoms with Crippen molar-refractivity contribution < 1.29 is 19.0 Å². The van der Waals surface area contributed by atoms with Crippen LogP contribution in [0.25, 0.3) is 0 Å². The van der Waals surface area contributed by atoms with Crippen LogP contribution in [0.3, 0.4) is 0 Å². The molecule has 3 nitrogen and oxygen atoms in total. The summed E-state index contributed by atoms with van der Waals surface area (Å²) in [6.45, 7) is 0.770. The highest BCUT2D eigenvalue weighted by Crippen LogP contribution is 2.24. The van der Waals surface area contributed by atoms with Crippen LogP contribution in [-0.4, -0.2) is 18.3 Å². The third-order valence-corrected chi connectivity index (χ3v) is 2.69. The summed E-state index contributed by atoms with van der Waals surface area (Å²) in [5.41, 5.74) is 0. The smallest absolute Gasteiger partial charge is 0.127 e. The van der Waals surface area contributed by atoms with Gasteiger partial charge in [-0.3, -0.25) is 0 Å². The van der Waals surface area contributed by atoms with Gasteiger partial charge in [0.25, 0.3) is 0 Å². The first-order valence-electron chi connectivity index (χ1n) is 6.55. The van der Waals surface area contributed by atoms with Crippen molar-refractivity contribution in [1.82, 2.24) is 0 Å². The molecule has 2 aromatic carbocycles. The van der Waals surface area contributed by atoms with Gasteiger partial charge in [0.2, 0.25) is 0 Å². The molecule has 1 N–H and O–H groups in total. The first-order valence-corrected chi connectivity index (χ1v) is 6.55. The maximum Gasteiger partial charge on any atom is 0.127 e. The van der Waals surface area contributed by atoms with Gasteiger partial charge >= 0.3 is 0 Å². The SMILES string of the molecule is OCCCCOc1ccc(Oc2ccc(F)cc2)cc1. The van der Waals surface area contributed by atoms with Gasteiger partial charge in [0.05, 0.1) is 6.61 Å². The molecule has 2 rings (SSSR count). The van der Waals surface area contributed by atoms with Crippen molar-refractivity contribution in [1.29, 1.82) is 0 Å². The summed E-state index contributed by atoms with van der Waals surface area (Å²) in [6, 6.07) is 13.1. The normalized spacial score (nSPS) is 10.3. The molecule has 0 bridgehead atoms. The predicted molar refractivity (Wildman–Crippen MR) is 74.7 cm³/mol. The summed E-state index contributed by atoms with van der Waals surface area (Å²) < 4.78 is 23.9. The Labute approximate surface area is 117 Å². The van der Waals surface area contributed by atoms with Crippen molar-refractivity contribution in [2.45, 2.75) is 12.8 Å². The van der Waals surface area contributed by atoms with Gasteiger partial charge in [-0.25, -0.2) is 4.39 Å². The van der Waals surface area contributed by atoms with E-state index in [1.54, 1.807) is 24.3 Å². The zero-order valence-corrected chi connectivity index (χ0v) is 11.1. The highest BCUT2D eigenvalue weighted by Gasteiger charge is 1.99. The zero-order valence-electron chi connectivity index (χ0n) is 11.1. The number of unbranched alkanes of at least 4 members (excludes halogenated alkanes) is 1. The maximum atomic E-state index is 12.8. The number of halogens is 1. The number of benzene rings is 2. The van der Waals surface area contributed by atoms with Gasteiger partial charge in [0, 0.05) is 6.61 Å². The van der Waals surface area contributed by atoms with E-state index in [2.05, 4.69) is 0 Å². The Morgan fingerprint density at radius 3 is 1.95 bits per heavy atom. The first kappa shape index (κ1) is 14.3. The molecule has 0 saturated carbocycles. The molecule has 0 aromatic heterocycles. The maximum absolute atomic E-state index is 12.8. The van der Waals surface area contributed by atoms with E-state index in [0.29, 0.717) is 18.1 Å². The van der Waals surface area contributed by atoms with Crippen LogP contribution in [0.1, 0.15) is 12.8 Å². The third-order valence-electron chi connectivity index (χ3n) is 2.69. The Hall–Kier alpha value is -2.07. The summed E-state index contributed by atoms with van der Waals surface area (Å²) in [5.74, 6) is 1.72. The summed E-state index contributed by atoms with van der Waals surface area (Å²) in [6.07, 6.45) is 1.57. The third kappa shape index (κ3) is 4.55. The molecule has 20 heavy (non-hydrogen) atoms. The van der Waals surface area contributed by atoms with E-state index in [1.165, 1.54) is 12.1 Å². The second kappa shape index (κ2) is 7.50. The minimum atomic E-state index is -0.288. The molecular formula is C16H17FO3. The van der Waals surface area contributed by atoms with Gasteiger partial charge in [-0.2, -0.15) is 0 Å². The number of hydrogen-bond donors (Lipinski definition) is 1. The van der Waals surface area contributed by atoms with Gasteiger partial charge in [0.1, 0.15) is 23.1 Å². The second-order valence-corrected chi connectivity index (χ2v) is 4.31. The summed E-state index contributed by atoms with van der Waals surface area (Å²) in [5, 5.41) is 8.66. The highest BCUT2D eigenvalue weighted by atomic mass is 19.1. The molecule has 2 aromatic rings. The lowest BCUT2D eigenvalue weighted by Crippen LogP contribution is -1.98. The van der Waals surface area contributed by atoms with Gasteiger partial charge in [0.15, 0.2) is 0 Å². The minimum Gasteiger partial charge on any atom is -0.494 e. The van der Waals surface area contributed by atoms with Crippen LogP contribution in [-0.2, 0) is 0 Å². The first-order chi connectivity index (χ1) is 9.78. The number of rotatable bonds is 7. The largest absolute Gasteiger partial charge is 0.494 e. The van der Waals surface area contributed by atoms with Crippen LogP contribution in [0.4, 0.5) is 4.39 Å². The van der Waals surface area contributed by atoms with E-state index in [4.69, 9.17) is 14.6 Å². The monoisotopic (exact) mass is 276 g/mol. The fourth-order valence-corrected chi connectivity index (χ4v) is 1.65. The summed E-state index contributed by atoms with van der Waals surface area (Å²) >= 11 is 0. The lowest BCUT2D eigenvalue weighted by molar-refractivity contribution is 0.253. The van der Waals surface area contributed by atoms with Crippen molar-refractivity contribution in [3.63, 3.8) is 0 Å². The Morgan fingerprint density at radius 1 is 0.800 bits per heavy atom. The van der Waals surface area contributed by atoms with Crippen LogP contribution in [0.5, 0.6) is 17.2 Å². The van der Waals surface area contributed by atoms with Gasteiger partial charge in [-0.05, 0) is 61.4 Å². The van der Waals surface area contributed by atoms with Crippen LogP contribution in [0, 0.1) is 5.82 Å². The molecule has 0 radical (unpaired) electrons. The Balaban J connectivity index is 1.86. The average Bonchev–Trinajstić information content (AvgIpc) is 2.48. The molecule has 0 aliphatic carbocycles. The lowest BCUT2D eigenvalue weighted by atomic mass is 10.3. The van der Waals surface area contributed by atoms with E-state index in [9.17, 15) is 4.39 Å². The molecule has 4 heteroatoms. The molecule has 0 spiro atoms. The van der Waals surface area contributed by atoms with Crippen molar-refractivity contribution in [2.75, 3.05) is 13.2 Å². The van der Waals surface area contributed by atoms with Crippen LogP contribution in [0.2, 0.25) is 0 Å². The van der Waals surface area contributed by atoms with E-state index >= 15 is 0 Å². The Kier molecular flexibility index (Phi) is 5.38. The van der Waals surface area contributed by atoms with Crippen molar-refractivity contribution in [3.05, 3.63) is 54.3 Å². The highest BCUT2D eigenvalue weighted by molar-refractivity contribution is 5.35. The summed E-state index contributed by atoms with van der Waals surface area (Å²) in [4.78, 5) is 0. The number of ether oxygens (including phenoxy) is 2. The quantitative estimate of drug-likeness (QED) is 0.782. The molecule has 0 saturated heterocycles. The Morgan fingerprint density at radius 2 is 1.35 bits per heavy atom. The number of aliphatic hydroxyl groups is 1. The topological polar surface area (TPSA) is 38.7 Å². The molecule has 0 aliphatic heterocycles. The van der Waals surface area contributed by atoms with Crippen LogP contribution < -0.4 is 9.47 Å². The standard InChI is InChI=1S/C16H17FO3/c17-13-3-5-15(6-4-13)20-16-9-7-14(8-10-16)19-12-2-1-11-18/h3-10,18H,1-2,11-12H2. The van der Waals surface area contributed by atoms with Gasteiger partial charge in [-0.15, -0.1) is 0 Å². The van der Waals surface area contributed by atoms with Crippen LogP contribution in [0.15, 0.2) is 48.5 Å². The van der Waals surface area contributed by atoms with E-state index in [-0.39, 0.29) is 12.4 Å². The molecule has 0 heterocycles. The predicted octanol–water partition coefficient (Wildman–Crippen LogP) is 3.77. The van der Waals surface area contributed by atoms with E-state index < -0.39 is 0 Å². The fraction of sp³-hybridized carbons (Fsp3) is 0.250. The van der Waals surface area contributed by atoms with Crippen molar-refractivity contribution in [2.24, 2.45) is 0 Å².